The van der Waals surface area contributed by atoms with Crippen LogP contribution in [0, 0.1) is 10.1 Å². The van der Waals surface area contributed by atoms with Gasteiger partial charge in [-0.1, -0.05) is 15.9 Å². The summed E-state index contributed by atoms with van der Waals surface area (Å²) in [5, 5.41) is 10.7. The number of ketones is 1. The Hall–Kier alpha value is -1.47. The van der Waals surface area contributed by atoms with Gasteiger partial charge in [-0.05, 0) is 6.07 Å². The third-order valence-corrected chi connectivity index (χ3v) is 3.61. The van der Waals surface area contributed by atoms with Gasteiger partial charge in [-0.15, -0.1) is 0 Å². The molecule has 0 radical (unpaired) electrons. The predicted molar refractivity (Wildman–Crippen MR) is 77.0 cm³/mol. The maximum Gasteiger partial charge on any atom is 0.274 e. The standard InChI is InChI=1S/C13H15BrN2O4/c14-10-7-11(16(18)19)9-13(8-10)20-6-5-15-3-1-12(17)2-4-15/h7-9H,1-6H2. The Kier molecular flexibility index (Phi) is 5.08. The van der Waals surface area contributed by atoms with Crippen molar-refractivity contribution < 1.29 is 14.5 Å². The predicted octanol–water partition coefficient (Wildman–Crippen LogP) is 2.40. The topological polar surface area (TPSA) is 72.7 Å². The Bertz CT molecular complexity index is 511. The van der Waals surface area contributed by atoms with E-state index in [9.17, 15) is 14.9 Å². The number of Topliss-reactive ketones (excluding diaryl/α,β-unsaturated/α-hetero) is 1. The Morgan fingerprint density at radius 3 is 2.65 bits per heavy atom. The zero-order valence-corrected chi connectivity index (χ0v) is 12.5. The molecular weight excluding hydrogens is 328 g/mol. The van der Waals surface area contributed by atoms with Crippen LogP contribution in [0.3, 0.4) is 0 Å². The van der Waals surface area contributed by atoms with Crippen LogP contribution >= 0.6 is 15.9 Å². The smallest absolute Gasteiger partial charge is 0.274 e. The van der Waals surface area contributed by atoms with Gasteiger partial charge in [0.1, 0.15) is 18.1 Å². The number of nitro benzene ring substituents is 1. The quantitative estimate of drug-likeness (QED) is 0.606. The number of non-ortho nitro benzene ring substituents is 1. The SMILES string of the molecule is O=C1CCN(CCOc2cc(Br)cc([N+](=O)[O-])c2)CC1. The summed E-state index contributed by atoms with van der Waals surface area (Å²) >= 11 is 3.22. The number of ether oxygens (including phenoxy) is 1. The lowest BCUT2D eigenvalue weighted by atomic mass is 10.1. The maximum absolute atomic E-state index is 11.1. The number of likely N-dealkylation sites (tertiary alicyclic amines) is 1. The van der Waals surface area contributed by atoms with Crippen LogP contribution in [0.15, 0.2) is 22.7 Å². The molecule has 0 unspecified atom stereocenters. The van der Waals surface area contributed by atoms with Crippen LogP contribution < -0.4 is 4.74 Å². The third kappa shape index (κ3) is 4.28. The lowest BCUT2D eigenvalue weighted by molar-refractivity contribution is -0.385. The van der Waals surface area contributed by atoms with Crippen LogP contribution in [0.4, 0.5) is 5.69 Å². The molecule has 1 aliphatic heterocycles. The second kappa shape index (κ2) is 6.81. The number of hydrogen-bond acceptors (Lipinski definition) is 5. The molecule has 0 bridgehead atoms. The number of halogens is 1. The van der Waals surface area contributed by atoms with Gasteiger partial charge >= 0.3 is 0 Å². The van der Waals surface area contributed by atoms with Crippen molar-refractivity contribution in [2.24, 2.45) is 0 Å². The molecule has 0 aliphatic carbocycles. The van der Waals surface area contributed by atoms with Crippen LogP contribution in [0.25, 0.3) is 0 Å². The second-order valence-electron chi connectivity index (χ2n) is 4.63. The first kappa shape index (κ1) is 14.9. The van der Waals surface area contributed by atoms with Crippen molar-refractivity contribution in [1.82, 2.24) is 4.90 Å². The molecule has 0 saturated carbocycles. The van der Waals surface area contributed by atoms with Crippen molar-refractivity contribution in [1.29, 1.82) is 0 Å². The van der Waals surface area contributed by atoms with Crippen molar-refractivity contribution in [3.8, 4) is 5.75 Å². The zero-order valence-electron chi connectivity index (χ0n) is 10.9. The molecule has 6 nitrogen and oxygen atoms in total. The van der Waals surface area contributed by atoms with Crippen molar-refractivity contribution in [3.63, 3.8) is 0 Å². The fraction of sp³-hybridized carbons (Fsp3) is 0.462. The van der Waals surface area contributed by atoms with E-state index in [2.05, 4.69) is 20.8 Å². The summed E-state index contributed by atoms with van der Waals surface area (Å²) in [5.74, 6) is 0.781. The number of carbonyl (C=O) groups is 1. The first-order chi connectivity index (χ1) is 9.54. The first-order valence-electron chi connectivity index (χ1n) is 6.36. The van der Waals surface area contributed by atoms with Crippen LogP contribution in [-0.4, -0.2) is 41.8 Å². The molecule has 1 aliphatic rings. The molecule has 1 aromatic carbocycles. The van der Waals surface area contributed by atoms with E-state index >= 15 is 0 Å². The van der Waals surface area contributed by atoms with E-state index in [0.717, 1.165) is 13.1 Å². The normalized spacial score (nSPS) is 16.1. The van der Waals surface area contributed by atoms with E-state index in [1.807, 2.05) is 0 Å². The van der Waals surface area contributed by atoms with Gasteiger partial charge in [-0.2, -0.15) is 0 Å². The van der Waals surface area contributed by atoms with E-state index in [-0.39, 0.29) is 5.69 Å². The Balaban J connectivity index is 1.84. The second-order valence-corrected chi connectivity index (χ2v) is 5.55. The number of carbonyl (C=O) groups excluding carboxylic acids is 1. The molecule has 0 N–H and O–H groups in total. The zero-order chi connectivity index (χ0) is 14.5. The summed E-state index contributed by atoms with van der Waals surface area (Å²) < 4.78 is 6.16. The summed E-state index contributed by atoms with van der Waals surface area (Å²) in [6, 6.07) is 4.54. The van der Waals surface area contributed by atoms with E-state index < -0.39 is 4.92 Å². The van der Waals surface area contributed by atoms with E-state index in [1.165, 1.54) is 12.1 Å². The highest BCUT2D eigenvalue weighted by atomic mass is 79.9. The van der Waals surface area contributed by atoms with Gasteiger partial charge < -0.3 is 4.74 Å². The molecule has 0 spiro atoms. The summed E-state index contributed by atoms with van der Waals surface area (Å²) in [6.07, 6.45) is 1.20. The van der Waals surface area contributed by atoms with Crippen molar-refractivity contribution in [3.05, 3.63) is 32.8 Å². The number of benzene rings is 1. The van der Waals surface area contributed by atoms with Gasteiger partial charge in [0.2, 0.25) is 0 Å². The van der Waals surface area contributed by atoms with Crippen LogP contribution in [0.1, 0.15) is 12.8 Å². The van der Waals surface area contributed by atoms with E-state index in [0.29, 0.717) is 42.0 Å². The van der Waals surface area contributed by atoms with Crippen LogP contribution in [0.2, 0.25) is 0 Å². The molecule has 1 saturated heterocycles. The number of piperidine rings is 1. The lowest BCUT2D eigenvalue weighted by Gasteiger charge is -2.25. The number of hydrogen-bond donors (Lipinski definition) is 0. The highest BCUT2D eigenvalue weighted by Crippen LogP contribution is 2.26. The molecule has 0 atom stereocenters. The third-order valence-electron chi connectivity index (χ3n) is 3.16. The Morgan fingerprint density at radius 1 is 1.30 bits per heavy atom. The molecule has 0 aromatic heterocycles. The molecule has 7 heteroatoms. The minimum Gasteiger partial charge on any atom is -0.492 e. The van der Waals surface area contributed by atoms with E-state index in [4.69, 9.17) is 4.74 Å². The summed E-state index contributed by atoms with van der Waals surface area (Å²) in [6.45, 7) is 2.69. The number of nitrogens with zero attached hydrogens (tertiary/aromatic N) is 2. The molecule has 1 aromatic rings. The van der Waals surface area contributed by atoms with Crippen molar-refractivity contribution in [2.45, 2.75) is 12.8 Å². The van der Waals surface area contributed by atoms with Gasteiger partial charge in [-0.3, -0.25) is 19.8 Å². The van der Waals surface area contributed by atoms with Gasteiger partial charge in [0.25, 0.3) is 5.69 Å². The monoisotopic (exact) mass is 342 g/mol. The molecule has 20 heavy (non-hydrogen) atoms. The lowest BCUT2D eigenvalue weighted by Crippen LogP contribution is -2.36. The van der Waals surface area contributed by atoms with Gasteiger partial charge in [-0.25, -0.2) is 0 Å². The Morgan fingerprint density at radius 2 is 2.00 bits per heavy atom. The highest BCUT2D eigenvalue weighted by Gasteiger charge is 2.16. The van der Waals surface area contributed by atoms with Crippen LogP contribution in [-0.2, 0) is 4.79 Å². The first-order valence-corrected chi connectivity index (χ1v) is 7.16. The van der Waals surface area contributed by atoms with Crippen molar-refractivity contribution >= 4 is 27.4 Å². The van der Waals surface area contributed by atoms with Gasteiger partial charge in [0.15, 0.2) is 0 Å². The fourth-order valence-electron chi connectivity index (χ4n) is 2.06. The minimum atomic E-state index is -0.451. The maximum atomic E-state index is 11.1. The molecular formula is C13H15BrN2O4. The fourth-order valence-corrected chi connectivity index (χ4v) is 2.52. The molecule has 0 amide bonds. The molecule has 1 heterocycles. The Labute approximate surface area is 125 Å². The summed E-state index contributed by atoms with van der Waals surface area (Å²) in [5.41, 5.74) is -0.00190. The average Bonchev–Trinajstić information content (AvgIpc) is 2.40. The van der Waals surface area contributed by atoms with Crippen LogP contribution in [0.5, 0.6) is 5.75 Å². The van der Waals surface area contributed by atoms with Gasteiger partial charge in [0.05, 0.1) is 11.0 Å². The largest absolute Gasteiger partial charge is 0.492 e. The molecule has 1 fully saturated rings. The van der Waals surface area contributed by atoms with Gasteiger partial charge in [0, 0.05) is 43.0 Å². The summed E-state index contributed by atoms with van der Waals surface area (Å²) in [4.78, 5) is 23.6. The summed E-state index contributed by atoms with van der Waals surface area (Å²) in [7, 11) is 0. The minimum absolute atomic E-state index is 0.00190. The highest BCUT2D eigenvalue weighted by molar-refractivity contribution is 9.10. The number of rotatable bonds is 5. The number of nitro groups is 1. The average molecular weight is 343 g/mol. The van der Waals surface area contributed by atoms with Crippen molar-refractivity contribution in [2.75, 3.05) is 26.2 Å². The molecule has 108 valence electrons. The van der Waals surface area contributed by atoms with E-state index in [1.54, 1.807) is 6.07 Å². The molecule has 2 rings (SSSR count).